The fourth-order valence-corrected chi connectivity index (χ4v) is 5.42. The summed E-state index contributed by atoms with van der Waals surface area (Å²) in [5, 5.41) is 3.84. The summed E-state index contributed by atoms with van der Waals surface area (Å²) in [5.41, 5.74) is 1.28. The second-order valence-electron chi connectivity index (χ2n) is 8.13. The number of piperidine rings is 1. The van der Waals surface area contributed by atoms with Gasteiger partial charge in [-0.1, -0.05) is 30.3 Å². The van der Waals surface area contributed by atoms with Gasteiger partial charge in [-0.2, -0.15) is 4.31 Å². The Bertz CT molecular complexity index is 723. The molecule has 4 rings (SSSR count). The molecular weight excluding hydrogens is 346 g/mol. The topological polar surface area (TPSA) is 52.6 Å². The smallest absolute Gasteiger partial charge is 0.211 e. The van der Waals surface area contributed by atoms with Crippen molar-refractivity contribution in [1.29, 1.82) is 0 Å². The third kappa shape index (κ3) is 3.57. The molecule has 3 aliphatic rings. The van der Waals surface area contributed by atoms with Crippen LogP contribution in [0.3, 0.4) is 0 Å². The number of nitrogens with zero attached hydrogens (tertiary/aromatic N) is 2. The average Bonchev–Trinajstić information content (AvgIpc) is 3.35. The number of rotatable bonds is 6. The van der Waals surface area contributed by atoms with Gasteiger partial charge < -0.3 is 5.32 Å². The number of nitrogens with one attached hydrogen (secondary N) is 1. The van der Waals surface area contributed by atoms with E-state index in [2.05, 4.69) is 47.5 Å². The lowest BCUT2D eigenvalue weighted by Crippen LogP contribution is -2.72. The molecule has 0 aromatic heterocycles. The highest BCUT2D eigenvalue weighted by molar-refractivity contribution is 7.88. The summed E-state index contributed by atoms with van der Waals surface area (Å²) in [6, 6.07) is 12.0. The third-order valence-electron chi connectivity index (χ3n) is 6.34. The number of sulfonamides is 1. The molecule has 2 radical (unpaired) electrons. The molecule has 0 spiro atoms. The minimum atomic E-state index is -3.09. The van der Waals surface area contributed by atoms with E-state index in [4.69, 9.17) is 0 Å². The molecule has 3 fully saturated rings. The summed E-state index contributed by atoms with van der Waals surface area (Å²) in [4.78, 5) is 2.43. The van der Waals surface area contributed by atoms with E-state index in [9.17, 15) is 8.42 Å². The molecule has 2 aliphatic heterocycles. The van der Waals surface area contributed by atoms with Crippen molar-refractivity contribution in [1.82, 2.24) is 14.5 Å². The predicted molar refractivity (Wildman–Crippen MR) is 104 cm³/mol. The van der Waals surface area contributed by atoms with Gasteiger partial charge in [0.15, 0.2) is 0 Å². The van der Waals surface area contributed by atoms with Gasteiger partial charge in [0.1, 0.15) is 0 Å². The van der Waals surface area contributed by atoms with Crippen LogP contribution in [0.25, 0.3) is 0 Å². The van der Waals surface area contributed by atoms with E-state index >= 15 is 0 Å². The van der Waals surface area contributed by atoms with Crippen LogP contribution in [0.5, 0.6) is 0 Å². The SMILES string of the molecule is [CH2][CH]C1(N2CCC(N[C@@H]3C[C@H]3c3ccccc3)CC2)CN(S(C)(=O)=O)C1. The van der Waals surface area contributed by atoms with Crippen LogP contribution in [-0.4, -0.2) is 67.7 Å². The molecule has 1 aliphatic carbocycles. The van der Waals surface area contributed by atoms with Crippen molar-refractivity contribution in [3.8, 4) is 0 Å². The minimum absolute atomic E-state index is 0.166. The van der Waals surface area contributed by atoms with Gasteiger partial charge in [-0.15, -0.1) is 0 Å². The summed E-state index contributed by atoms with van der Waals surface area (Å²) in [7, 11) is -3.09. The van der Waals surface area contributed by atoms with Crippen LogP contribution in [0.15, 0.2) is 30.3 Å². The second kappa shape index (κ2) is 6.89. The summed E-state index contributed by atoms with van der Waals surface area (Å²) in [5.74, 6) is 0.670. The van der Waals surface area contributed by atoms with Crippen LogP contribution in [0, 0.1) is 13.3 Å². The van der Waals surface area contributed by atoms with Crippen LogP contribution in [0.1, 0.15) is 30.7 Å². The Morgan fingerprint density at radius 2 is 1.85 bits per heavy atom. The largest absolute Gasteiger partial charge is 0.311 e. The van der Waals surface area contributed by atoms with Gasteiger partial charge >= 0.3 is 0 Å². The normalized spacial score (nSPS) is 30.1. The first-order valence-electron chi connectivity index (χ1n) is 9.56. The molecule has 1 N–H and O–H groups in total. The zero-order valence-corrected chi connectivity index (χ0v) is 16.3. The van der Waals surface area contributed by atoms with E-state index in [-0.39, 0.29) is 5.54 Å². The molecule has 2 saturated heterocycles. The van der Waals surface area contributed by atoms with E-state index < -0.39 is 10.0 Å². The number of benzene rings is 1. The average molecular weight is 376 g/mol. The van der Waals surface area contributed by atoms with Crippen molar-refractivity contribution in [3.05, 3.63) is 49.2 Å². The Balaban J connectivity index is 1.26. The first kappa shape index (κ1) is 18.4. The lowest BCUT2D eigenvalue weighted by Gasteiger charge is -2.56. The Hall–Kier alpha value is -0.950. The van der Waals surface area contributed by atoms with Crippen LogP contribution < -0.4 is 5.32 Å². The fraction of sp³-hybridized carbons (Fsp3) is 0.600. The van der Waals surface area contributed by atoms with E-state index in [1.807, 2.05) is 6.42 Å². The molecule has 0 unspecified atom stereocenters. The maximum Gasteiger partial charge on any atom is 0.211 e. The van der Waals surface area contributed by atoms with Gasteiger partial charge in [-0.3, -0.25) is 4.90 Å². The molecule has 1 aromatic rings. The molecule has 5 nitrogen and oxygen atoms in total. The van der Waals surface area contributed by atoms with Gasteiger partial charge in [0.05, 0.1) is 11.8 Å². The second-order valence-corrected chi connectivity index (χ2v) is 10.1. The van der Waals surface area contributed by atoms with Crippen LogP contribution in [0.2, 0.25) is 0 Å². The van der Waals surface area contributed by atoms with E-state index in [0.29, 0.717) is 31.1 Å². The molecule has 142 valence electrons. The van der Waals surface area contributed by atoms with Gasteiger partial charge in [-0.25, -0.2) is 8.42 Å². The molecule has 1 saturated carbocycles. The van der Waals surface area contributed by atoms with Crippen LogP contribution in [-0.2, 0) is 10.0 Å². The Morgan fingerprint density at radius 1 is 1.19 bits per heavy atom. The molecule has 26 heavy (non-hydrogen) atoms. The maximum atomic E-state index is 11.7. The maximum absolute atomic E-state index is 11.7. The highest BCUT2D eigenvalue weighted by Gasteiger charge is 2.50. The molecule has 0 amide bonds. The van der Waals surface area contributed by atoms with Crippen molar-refractivity contribution in [3.63, 3.8) is 0 Å². The number of likely N-dealkylation sites (tertiary alicyclic amines) is 1. The van der Waals surface area contributed by atoms with Crippen molar-refractivity contribution in [2.75, 3.05) is 32.4 Å². The summed E-state index contributed by atoms with van der Waals surface area (Å²) < 4.78 is 24.9. The zero-order chi connectivity index (χ0) is 18.4. The quantitative estimate of drug-likeness (QED) is 0.821. The standard InChI is InChI=1S/C20H29N3O2S/c1-3-20(14-23(15-20)26(2,24)25)22-11-9-17(10-12-22)21-19-13-18(19)16-7-5-4-6-8-16/h3-8,17-19,21H,1,9-15H2,2H3/t18-,19+/m0/s1. The first-order valence-corrected chi connectivity index (χ1v) is 11.4. The third-order valence-corrected chi connectivity index (χ3v) is 7.54. The van der Waals surface area contributed by atoms with Crippen molar-refractivity contribution >= 4 is 10.0 Å². The van der Waals surface area contributed by atoms with Crippen LogP contribution >= 0.6 is 0 Å². The highest BCUT2D eigenvalue weighted by atomic mass is 32.2. The van der Waals surface area contributed by atoms with Gasteiger partial charge in [0.2, 0.25) is 10.0 Å². The zero-order valence-electron chi connectivity index (χ0n) is 15.5. The van der Waals surface area contributed by atoms with Gasteiger partial charge in [0.25, 0.3) is 0 Å². The minimum Gasteiger partial charge on any atom is -0.311 e. The Morgan fingerprint density at radius 3 is 2.42 bits per heavy atom. The predicted octanol–water partition coefficient (Wildman–Crippen LogP) is 1.65. The Labute approximate surface area is 157 Å². The van der Waals surface area contributed by atoms with Gasteiger partial charge in [-0.05, 0) is 38.2 Å². The molecule has 2 heterocycles. The molecule has 6 heteroatoms. The highest BCUT2D eigenvalue weighted by Crippen LogP contribution is 2.41. The van der Waals surface area contributed by atoms with Crippen molar-refractivity contribution in [2.45, 2.75) is 42.8 Å². The lowest BCUT2D eigenvalue weighted by molar-refractivity contribution is -0.00234. The lowest BCUT2D eigenvalue weighted by atomic mass is 9.85. The molecular formula is C20H29N3O2S. The molecule has 0 bridgehead atoms. The van der Waals surface area contributed by atoms with E-state index in [1.54, 1.807) is 4.31 Å². The summed E-state index contributed by atoms with van der Waals surface area (Å²) in [6.45, 7) is 7.09. The van der Waals surface area contributed by atoms with E-state index in [1.165, 1.54) is 18.2 Å². The van der Waals surface area contributed by atoms with Crippen LogP contribution in [0.4, 0.5) is 0 Å². The monoisotopic (exact) mass is 375 g/mol. The fourth-order valence-electron chi connectivity index (χ4n) is 4.50. The molecule has 1 aromatic carbocycles. The summed E-state index contributed by atoms with van der Waals surface area (Å²) in [6.07, 6.45) is 6.72. The molecule has 2 atom stereocenters. The van der Waals surface area contributed by atoms with Crippen molar-refractivity contribution < 1.29 is 8.42 Å². The first-order chi connectivity index (χ1) is 12.4. The number of hydrogen-bond acceptors (Lipinski definition) is 4. The Kier molecular flexibility index (Phi) is 4.88. The number of hydrogen-bond donors (Lipinski definition) is 1. The summed E-state index contributed by atoms with van der Waals surface area (Å²) >= 11 is 0. The van der Waals surface area contributed by atoms with Gasteiger partial charge in [0, 0.05) is 44.2 Å². The van der Waals surface area contributed by atoms with E-state index in [0.717, 1.165) is 25.9 Å². The van der Waals surface area contributed by atoms with Crippen molar-refractivity contribution in [2.24, 2.45) is 0 Å².